The number of fused-ring (bicyclic) bond motifs is 1. The molecule has 0 saturated carbocycles. The predicted octanol–water partition coefficient (Wildman–Crippen LogP) is 2.70. The largest absolute Gasteiger partial charge is 0.368 e. The maximum atomic E-state index is 4.66. The Labute approximate surface area is 128 Å². The molecule has 2 aromatic rings. The fourth-order valence-electron chi connectivity index (χ4n) is 2.71. The summed E-state index contributed by atoms with van der Waals surface area (Å²) in [5, 5.41) is 3.39. The van der Waals surface area contributed by atoms with Crippen molar-refractivity contribution in [2.24, 2.45) is 5.92 Å². The Morgan fingerprint density at radius 3 is 2.75 bits per heavy atom. The fourth-order valence-corrected chi connectivity index (χ4v) is 3.24. The van der Waals surface area contributed by atoms with Crippen LogP contribution < -0.4 is 10.2 Å². The van der Waals surface area contributed by atoms with Crippen LogP contribution in [0.25, 0.3) is 5.52 Å². The summed E-state index contributed by atoms with van der Waals surface area (Å²) < 4.78 is 3.18. The summed E-state index contributed by atoms with van der Waals surface area (Å²) in [5.74, 6) is 1.74. The molecule has 0 bridgehead atoms. The van der Waals surface area contributed by atoms with Gasteiger partial charge in [-0.2, -0.15) is 0 Å². The lowest BCUT2D eigenvalue weighted by Crippen LogP contribution is -2.43. The summed E-state index contributed by atoms with van der Waals surface area (Å²) in [6, 6.07) is 4.37. The highest BCUT2D eigenvalue weighted by Crippen LogP contribution is 2.24. The first kappa shape index (κ1) is 13.9. The van der Waals surface area contributed by atoms with Crippen molar-refractivity contribution in [3.05, 3.63) is 28.8 Å². The van der Waals surface area contributed by atoms with E-state index in [2.05, 4.69) is 67.7 Å². The number of pyridine rings is 1. The molecule has 1 fully saturated rings. The summed E-state index contributed by atoms with van der Waals surface area (Å²) in [6.07, 6.45) is 3.23. The molecule has 1 N–H and O–H groups in total. The molecule has 0 radical (unpaired) electrons. The average Bonchev–Trinajstić information content (AvgIpc) is 2.75. The van der Waals surface area contributed by atoms with Crippen molar-refractivity contribution in [2.45, 2.75) is 20.3 Å². The number of piperazine rings is 1. The van der Waals surface area contributed by atoms with Crippen molar-refractivity contribution in [3.63, 3.8) is 0 Å². The Balaban J connectivity index is 1.99. The lowest BCUT2D eigenvalue weighted by Gasteiger charge is -2.29. The Morgan fingerprint density at radius 1 is 1.30 bits per heavy atom. The zero-order valence-electron chi connectivity index (χ0n) is 12.1. The summed E-state index contributed by atoms with van der Waals surface area (Å²) in [4.78, 5) is 7.10. The molecule has 0 atom stereocenters. The first-order chi connectivity index (χ1) is 9.65. The molecule has 3 heterocycles. The monoisotopic (exact) mass is 336 g/mol. The Morgan fingerprint density at radius 2 is 2.05 bits per heavy atom. The molecule has 0 aromatic carbocycles. The van der Waals surface area contributed by atoms with Gasteiger partial charge in [-0.05, 0) is 34.0 Å². The van der Waals surface area contributed by atoms with Crippen molar-refractivity contribution in [1.82, 2.24) is 14.7 Å². The molecule has 20 heavy (non-hydrogen) atoms. The van der Waals surface area contributed by atoms with Gasteiger partial charge < -0.3 is 14.6 Å². The van der Waals surface area contributed by atoms with Gasteiger partial charge in [0.25, 0.3) is 0 Å². The van der Waals surface area contributed by atoms with Crippen molar-refractivity contribution >= 4 is 27.1 Å². The molecule has 4 nitrogen and oxygen atoms in total. The molecule has 108 valence electrons. The number of hydrogen-bond acceptors (Lipinski definition) is 3. The molecule has 1 aliphatic rings. The molecule has 1 aliphatic heterocycles. The van der Waals surface area contributed by atoms with Gasteiger partial charge in [-0.3, -0.25) is 0 Å². The van der Waals surface area contributed by atoms with Gasteiger partial charge in [0.15, 0.2) is 0 Å². The minimum absolute atomic E-state index is 0.607. The van der Waals surface area contributed by atoms with Crippen molar-refractivity contribution in [1.29, 1.82) is 0 Å². The topological polar surface area (TPSA) is 32.6 Å². The quantitative estimate of drug-likeness (QED) is 0.935. The molecule has 0 unspecified atom stereocenters. The number of hydrogen-bond donors (Lipinski definition) is 1. The van der Waals surface area contributed by atoms with Gasteiger partial charge in [0.2, 0.25) is 0 Å². The molecular weight excluding hydrogens is 316 g/mol. The van der Waals surface area contributed by atoms with Crippen LogP contribution in [0.1, 0.15) is 19.7 Å². The Bertz CT molecular complexity index is 599. The second kappa shape index (κ2) is 5.74. The predicted molar refractivity (Wildman–Crippen MR) is 86.5 cm³/mol. The number of anilines is 1. The fraction of sp³-hybridized carbons (Fsp3) is 0.533. The highest BCUT2D eigenvalue weighted by molar-refractivity contribution is 9.10. The number of aromatic nitrogens is 2. The number of imidazole rings is 1. The number of nitrogens with one attached hydrogen (secondary N) is 1. The van der Waals surface area contributed by atoms with Gasteiger partial charge in [-0.25, -0.2) is 4.98 Å². The van der Waals surface area contributed by atoms with E-state index in [1.807, 2.05) is 0 Å². The second-order valence-electron chi connectivity index (χ2n) is 5.80. The van der Waals surface area contributed by atoms with E-state index in [-0.39, 0.29) is 0 Å². The van der Waals surface area contributed by atoms with E-state index < -0.39 is 0 Å². The van der Waals surface area contributed by atoms with Gasteiger partial charge in [-0.15, -0.1) is 0 Å². The minimum atomic E-state index is 0.607. The van der Waals surface area contributed by atoms with Gasteiger partial charge in [0, 0.05) is 38.8 Å². The SMILES string of the molecule is CC(C)Cc1nc(Br)c2ccc(N3CCNCC3)cn12. The van der Waals surface area contributed by atoms with Crippen molar-refractivity contribution < 1.29 is 0 Å². The zero-order valence-corrected chi connectivity index (χ0v) is 13.7. The van der Waals surface area contributed by atoms with E-state index in [4.69, 9.17) is 0 Å². The molecule has 3 rings (SSSR count). The standard InChI is InChI=1S/C15H21BrN4/c1-11(2)9-14-18-15(16)13-4-3-12(10-20(13)14)19-7-5-17-6-8-19/h3-4,10-11,17H,5-9H2,1-2H3. The normalized spacial score (nSPS) is 16.3. The zero-order chi connectivity index (χ0) is 14.1. The van der Waals surface area contributed by atoms with Crippen LogP contribution in [0.5, 0.6) is 0 Å². The van der Waals surface area contributed by atoms with Crippen LogP contribution in [0, 0.1) is 5.92 Å². The number of nitrogens with zero attached hydrogens (tertiary/aromatic N) is 3. The summed E-state index contributed by atoms with van der Waals surface area (Å²) >= 11 is 3.57. The minimum Gasteiger partial charge on any atom is -0.368 e. The van der Waals surface area contributed by atoms with Crippen molar-refractivity contribution in [3.8, 4) is 0 Å². The first-order valence-electron chi connectivity index (χ1n) is 7.27. The van der Waals surface area contributed by atoms with E-state index in [0.717, 1.165) is 48.5 Å². The third kappa shape index (κ3) is 2.69. The van der Waals surface area contributed by atoms with E-state index in [1.54, 1.807) is 0 Å². The van der Waals surface area contributed by atoms with Gasteiger partial charge >= 0.3 is 0 Å². The molecule has 1 saturated heterocycles. The number of rotatable bonds is 3. The molecule has 2 aromatic heterocycles. The van der Waals surface area contributed by atoms with E-state index >= 15 is 0 Å². The molecule has 0 spiro atoms. The second-order valence-corrected chi connectivity index (χ2v) is 6.55. The molecule has 0 amide bonds. The first-order valence-corrected chi connectivity index (χ1v) is 8.06. The third-order valence-corrected chi connectivity index (χ3v) is 4.31. The highest BCUT2D eigenvalue weighted by atomic mass is 79.9. The maximum Gasteiger partial charge on any atom is 0.132 e. The number of halogens is 1. The molecule has 5 heteroatoms. The molecule has 0 aliphatic carbocycles. The van der Waals surface area contributed by atoms with Gasteiger partial charge in [0.05, 0.1) is 11.2 Å². The molecular formula is C15H21BrN4. The third-order valence-electron chi connectivity index (χ3n) is 3.72. The Hall–Kier alpha value is -1.07. The lowest BCUT2D eigenvalue weighted by atomic mass is 10.1. The highest BCUT2D eigenvalue weighted by Gasteiger charge is 2.14. The van der Waals surface area contributed by atoms with Crippen LogP contribution in [-0.2, 0) is 6.42 Å². The average molecular weight is 337 g/mol. The lowest BCUT2D eigenvalue weighted by molar-refractivity contribution is 0.587. The van der Waals surface area contributed by atoms with Gasteiger partial charge in [0.1, 0.15) is 10.4 Å². The smallest absolute Gasteiger partial charge is 0.132 e. The summed E-state index contributed by atoms with van der Waals surface area (Å²) in [5.41, 5.74) is 2.44. The summed E-state index contributed by atoms with van der Waals surface area (Å²) in [7, 11) is 0. The van der Waals surface area contributed by atoms with E-state index in [1.165, 1.54) is 5.69 Å². The van der Waals surface area contributed by atoms with Crippen LogP contribution in [0.4, 0.5) is 5.69 Å². The van der Waals surface area contributed by atoms with Crippen LogP contribution in [0.3, 0.4) is 0 Å². The van der Waals surface area contributed by atoms with E-state index in [0.29, 0.717) is 5.92 Å². The van der Waals surface area contributed by atoms with Crippen molar-refractivity contribution in [2.75, 3.05) is 31.1 Å². The Kier molecular flexibility index (Phi) is 3.98. The van der Waals surface area contributed by atoms with Crippen LogP contribution >= 0.6 is 15.9 Å². The van der Waals surface area contributed by atoms with Crippen LogP contribution in [0.2, 0.25) is 0 Å². The summed E-state index contributed by atoms with van der Waals surface area (Å²) in [6.45, 7) is 8.72. The van der Waals surface area contributed by atoms with Crippen LogP contribution in [0.15, 0.2) is 22.9 Å². The van der Waals surface area contributed by atoms with E-state index in [9.17, 15) is 0 Å². The van der Waals surface area contributed by atoms with Crippen LogP contribution in [-0.4, -0.2) is 35.6 Å². The maximum absolute atomic E-state index is 4.66. The van der Waals surface area contributed by atoms with Gasteiger partial charge in [-0.1, -0.05) is 13.8 Å².